The molecule has 1 fully saturated rings. The highest BCUT2D eigenvalue weighted by Crippen LogP contribution is 2.19. The molecule has 7 heteroatoms. The van der Waals surface area contributed by atoms with Crippen molar-refractivity contribution in [1.29, 1.82) is 0 Å². The van der Waals surface area contributed by atoms with E-state index < -0.39 is 0 Å². The Morgan fingerprint density at radius 1 is 1.57 bits per heavy atom. The van der Waals surface area contributed by atoms with Gasteiger partial charge in [-0.15, -0.1) is 0 Å². The molecule has 0 bridgehead atoms. The largest absolute Gasteiger partial charge is 0.467 e. The average molecular weight is 323 g/mol. The summed E-state index contributed by atoms with van der Waals surface area (Å²) in [7, 11) is 0. The van der Waals surface area contributed by atoms with E-state index in [1.165, 1.54) is 4.90 Å². The van der Waals surface area contributed by atoms with Crippen molar-refractivity contribution in [2.45, 2.75) is 32.9 Å². The molecular weight excluding hydrogens is 298 g/mol. The molecule has 23 heavy (non-hydrogen) atoms. The van der Waals surface area contributed by atoms with Crippen molar-refractivity contribution < 1.29 is 19.1 Å². The van der Waals surface area contributed by atoms with E-state index in [0.29, 0.717) is 31.8 Å². The van der Waals surface area contributed by atoms with Gasteiger partial charge < -0.3 is 24.6 Å². The third kappa shape index (κ3) is 4.72. The Balaban J connectivity index is 1.83. The number of hydrogen-bond acceptors (Lipinski definition) is 4. The molecule has 0 saturated carbocycles. The summed E-state index contributed by atoms with van der Waals surface area (Å²) in [4.78, 5) is 27.5. The monoisotopic (exact) mass is 323 g/mol. The number of hydrogen-bond donors (Lipinski definition) is 2. The van der Waals surface area contributed by atoms with Crippen LogP contribution in [-0.4, -0.2) is 59.1 Å². The third-order valence-corrected chi connectivity index (χ3v) is 3.99. The summed E-state index contributed by atoms with van der Waals surface area (Å²) in [5.41, 5.74) is 0. The van der Waals surface area contributed by atoms with Crippen LogP contribution in [0.25, 0.3) is 0 Å². The molecule has 2 N–H and O–H groups in total. The zero-order valence-electron chi connectivity index (χ0n) is 13.7. The number of furan rings is 1. The predicted octanol–water partition coefficient (Wildman–Crippen LogP) is 1.04. The van der Waals surface area contributed by atoms with Gasteiger partial charge in [0, 0.05) is 38.0 Å². The Kier molecular flexibility index (Phi) is 6.04. The van der Waals surface area contributed by atoms with Gasteiger partial charge in [0.25, 0.3) is 0 Å². The molecule has 3 amide bonds. The lowest BCUT2D eigenvalue weighted by molar-refractivity contribution is -0.129. The van der Waals surface area contributed by atoms with Crippen LogP contribution in [0.4, 0.5) is 4.79 Å². The highest BCUT2D eigenvalue weighted by atomic mass is 16.3. The first-order valence-electron chi connectivity index (χ1n) is 7.96. The smallest absolute Gasteiger partial charge is 0.317 e. The number of carbonyl (C=O) groups excluding carboxylic acids is 2. The van der Waals surface area contributed by atoms with Gasteiger partial charge in [0.05, 0.1) is 19.4 Å². The minimum atomic E-state index is -0.258. The van der Waals surface area contributed by atoms with E-state index in [4.69, 9.17) is 9.52 Å². The van der Waals surface area contributed by atoms with E-state index >= 15 is 0 Å². The van der Waals surface area contributed by atoms with E-state index in [0.717, 1.165) is 0 Å². The third-order valence-electron chi connectivity index (χ3n) is 3.99. The predicted molar refractivity (Wildman–Crippen MR) is 84.6 cm³/mol. The minimum absolute atomic E-state index is 0.114. The Morgan fingerprint density at radius 2 is 2.35 bits per heavy atom. The van der Waals surface area contributed by atoms with Crippen LogP contribution >= 0.6 is 0 Å². The molecule has 1 saturated heterocycles. The first-order chi connectivity index (χ1) is 11.0. The number of amides is 3. The maximum absolute atomic E-state index is 12.3. The molecule has 2 rings (SSSR count). The molecule has 1 atom stereocenters. The molecule has 1 aliphatic rings. The quantitative estimate of drug-likeness (QED) is 0.785. The van der Waals surface area contributed by atoms with E-state index in [-0.39, 0.29) is 37.0 Å². The van der Waals surface area contributed by atoms with Gasteiger partial charge in [-0.3, -0.25) is 4.79 Å². The number of rotatable bonds is 7. The fraction of sp³-hybridized carbons (Fsp3) is 0.625. The number of carbonyl (C=O) groups is 2. The van der Waals surface area contributed by atoms with Gasteiger partial charge in [0.2, 0.25) is 5.91 Å². The molecule has 2 heterocycles. The van der Waals surface area contributed by atoms with Gasteiger partial charge >= 0.3 is 6.03 Å². The zero-order chi connectivity index (χ0) is 16.8. The molecule has 1 aromatic heterocycles. The molecule has 1 aliphatic heterocycles. The summed E-state index contributed by atoms with van der Waals surface area (Å²) < 4.78 is 5.24. The molecular formula is C16H25N3O4. The van der Waals surface area contributed by atoms with E-state index in [9.17, 15) is 9.59 Å². The number of nitrogens with zero attached hydrogens (tertiary/aromatic N) is 2. The Labute approximate surface area is 136 Å². The number of aliphatic hydroxyl groups is 1. The number of aliphatic hydroxyl groups excluding tert-OH is 1. The van der Waals surface area contributed by atoms with Crippen LogP contribution in [0.1, 0.15) is 26.0 Å². The summed E-state index contributed by atoms with van der Waals surface area (Å²) in [5, 5.41) is 12.0. The SMILES string of the molecule is CC(C)N1C[C@@H](CNC(=O)N(CCO)Cc2ccco2)CC1=O. The molecule has 0 aromatic carbocycles. The van der Waals surface area contributed by atoms with Crippen LogP contribution < -0.4 is 5.32 Å². The highest BCUT2D eigenvalue weighted by Gasteiger charge is 2.31. The van der Waals surface area contributed by atoms with Crippen molar-refractivity contribution in [2.24, 2.45) is 5.92 Å². The van der Waals surface area contributed by atoms with Gasteiger partial charge in [-0.05, 0) is 26.0 Å². The molecule has 0 radical (unpaired) electrons. The number of likely N-dealkylation sites (tertiary alicyclic amines) is 1. The van der Waals surface area contributed by atoms with Crippen molar-refractivity contribution in [1.82, 2.24) is 15.1 Å². The van der Waals surface area contributed by atoms with Crippen LogP contribution in [0.5, 0.6) is 0 Å². The first-order valence-corrected chi connectivity index (χ1v) is 7.96. The first kappa shape index (κ1) is 17.3. The maximum atomic E-state index is 12.3. The Morgan fingerprint density at radius 3 is 2.91 bits per heavy atom. The van der Waals surface area contributed by atoms with Crippen LogP contribution in [0.2, 0.25) is 0 Å². The van der Waals surface area contributed by atoms with Crippen LogP contribution in [0.15, 0.2) is 22.8 Å². The van der Waals surface area contributed by atoms with Crippen LogP contribution in [0.3, 0.4) is 0 Å². The van der Waals surface area contributed by atoms with E-state index in [1.54, 1.807) is 18.4 Å². The lowest BCUT2D eigenvalue weighted by Gasteiger charge is -2.23. The minimum Gasteiger partial charge on any atom is -0.467 e. The fourth-order valence-electron chi connectivity index (χ4n) is 2.75. The second-order valence-corrected chi connectivity index (χ2v) is 6.12. The van der Waals surface area contributed by atoms with Crippen LogP contribution in [-0.2, 0) is 11.3 Å². The van der Waals surface area contributed by atoms with Crippen LogP contribution in [0, 0.1) is 5.92 Å². The van der Waals surface area contributed by atoms with Crippen molar-refractivity contribution in [2.75, 3.05) is 26.2 Å². The average Bonchev–Trinajstić information content (AvgIpc) is 3.13. The van der Waals surface area contributed by atoms with Gasteiger partial charge in [-0.2, -0.15) is 0 Å². The summed E-state index contributed by atoms with van der Waals surface area (Å²) in [6.45, 7) is 5.53. The van der Waals surface area contributed by atoms with Crippen molar-refractivity contribution in [3.8, 4) is 0 Å². The molecule has 128 valence electrons. The molecule has 0 unspecified atom stereocenters. The normalized spacial score (nSPS) is 17.8. The summed E-state index contributed by atoms with van der Waals surface area (Å²) in [5.74, 6) is 0.936. The zero-order valence-corrected chi connectivity index (χ0v) is 13.7. The van der Waals surface area contributed by atoms with Gasteiger partial charge in [0.1, 0.15) is 5.76 Å². The van der Waals surface area contributed by atoms with Crippen molar-refractivity contribution >= 4 is 11.9 Å². The number of urea groups is 1. The molecule has 1 aromatic rings. The van der Waals surface area contributed by atoms with Crippen molar-refractivity contribution in [3.05, 3.63) is 24.2 Å². The van der Waals surface area contributed by atoms with Gasteiger partial charge in [-0.25, -0.2) is 4.79 Å². The molecule has 0 aliphatic carbocycles. The summed E-state index contributed by atoms with van der Waals surface area (Å²) in [6, 6.07) is 3.47. The van der Waals surface area contributed by atoms with Gasteiger partial charge in [0.15, 0.2) is 0 Å². The number of nitrogens with one attached hydrogen (secondary N) is 1. The second kappa shape index (κ2) is 8.01. The summed E-state index contributed by atoms with van der Waals surface area (Å²) >= 11 is 0. The van der Waals surface area contributed by atoms with E-state index in [2.05, 4.69) is 5.32 Å². The summed E-state index contributed by atoms with van der Waals surface area (Å²) in [6.07, 6.45) is 2.02. The Hall–Kier alpha value is -2.02. The lowest BCUT2D eigenvalue weighted by atomic mass is 10.1. The van der Waals surface area contributed by atoms with Gasteiger partial charge in [-0.1, -0.05) is 0 Å². The molecule has 0 spiro atoms. The fourth-order valence-corrected chi connectivity index (χ4v) is 2.75. The van der Waals surface area contributed by atoms with Crippen molar-refractivity contribution in [3.63, 3.8) is 0 Å². The van der Waals surface area contributed by atoms with E-state index in [1.807, 2.05) is 18.7 Å². The Bertz CT molecular complexity index is 515. The standard InChI is InChI=1S/C16H25N3O4/c1-12(2)19-10-13(8-15(19)21)9-17-16(22)18(5-6-20)11-14-4-3-7-23-14/h3-4,7,12-13,20H,5-6,8-11H2,1-2H3,(H,17,22)/t13-/m1/s1. The highest BCUT2D eigenvalue weighted by molar-refractivity contribution is 5.79. The maximum Gasteiger partial charge on any atom is 0.317 e. The molecule has 7 nitrogen and oxygen atoms in total. The lowest BCUT2D eigenvalue weighted by Crippen LogP contribution is -2.43. The second-order valence-electron chi connectivity index (χ2n) is 6.12. The topological polar surface area (TPSA) is 86.0 Å².